The van der Waals surface area contributed by atoms with Gasteiger partial charge < -0.3 is 10.6 Å². The highest BCUT2D eigenvalue weighted by atomic mass is 32.1. The lowest BCUT2D eigenvalue weighted by atomic mass is 10.3. The predicted molar refractivity (Wildman–Crippen MR) is 53.8 cm³/mol. The second-order valence-electron chi connectivity index (χ2n) is 2.87. The van der Waals surface area contributed by atoms with Crippen LogP contribution in [0.2, 0.25) is 0 Å². The molecule has 11 heavy (non-hydrogen) atoms. The normalized spacial score (nSPS) is 10.5. The van der Waals surface area contributed by atoms with Crippen molar-refractivity contribution >= 4 is 17.2 Å². The van der Waals surface area contributed by atoms with Crippen molar-refractivity contribution in [2.45, 2.75) is 26.2 Å². The predicted octanol–water partition coefficient (Wildman–Crippen LogP) is 1.39. The zero-order valence-electron chi connectivity index (χ0n) is 7.47. The van der Waals surface area contributed by atoms with Gasteiger partial charge in [-0.2, -0.15) is 0 Å². The first-order valence-corrected chi connectivity index (χ1v) is 4.54. The molecular formula is C8H18N2S. The van der Waals surface area contributed by atoms with E-state index in [1.54, 1.807) is 0 Å². The zero-order valence-corrected chi connectivity index (χ0v) is 8.28. The molecule has 0 radical (unpaired) electrons. The summed E-state index contributed by atoms with van der Waals surface area (Å²) in [5.41, 5.74) is 5.37. The third-order valence-electron chi connectivity index (χ3n) is 1.63. The molecule has 2 N–H and O–H groups in total. The molecule has 0 saturated heterocycles. The molecule has 2 nitrogen and oxygen atoms in total. The lowest BCUT2D eigenvalue weighted by molar-refractivity contribution is 0.338. The molecule has 0 spiro atoms. The number of hydrogen-bond acceptors (Lipinski definition) is 2. The number of hydrogen-bond donors (Lipinski definition) is 1. The Morgan fingerprint density at radius 3 is 2.55 bits per heavy atom. The fourth-order valence-electron chi connectivity index (χ4n) is 0.841. The van der Waals surface area contributed by atoms with E-state index in [2.05, 4.69) is 18.9 Å². The summed E-state index contributed by atoms with van der Waals surface area (Å²) in [6.45, 7) is 4.34. The van der Waals surface area contributed by atoms with E-state index in [1.807, 2.05) is 0 Å². The lowest BCUT2D eigenvalue weighted by Gasteiger charge is -2.14. The second kappa shape index (κ2) is 6.55. The molecule has 0 aromatic heterocycles. The molecule has 3 heteroatoms. The number of thiocarbonyl (C=S) groups is 1. The van der Waals surface area contributed by atoms with E-state index >= 15 is 0 Å². The smallest absolute Gasteiger partial charge is 0.0740 e. The minimum atomic E-state index is 0.619. The minimum absolute atomic E-state index is 0.619. The molecule has 0 aromatic carbocycles. The first-order chi connectivity index (χ1) is 5.16. The van der Waals surface area contributed by atoms with E-state index in [1.165, 1.54) is 12.8 Å². The van der Waals surface area contributed by atoms with Gasteiger partial charge in [-0.1, -0.05) is 25.6 Å². The van der Waals surface area contributed by atoms with E-state index in [9.17, 15) is 0 Å². The summed E-state index contributed by atoms with van der Waals surface area (Å²) in [6.07, 6.45) is 3.35. The van der Waals surface area contributed by atoms with E-state index < -0.39 is 0 Å². The third kappa shape index (κ3) is 7.75. The summed E-state index contributed by atoms with van der Waals surface area (Å²) in [5.74, 6) is 0. The maximum atomic E-state index is 5.37. The van der Waals surface area contributed by atoms with E-state index in [4.69, 9.17) is 18.0 Å². The summed E-state index contributed by atoms with van der Waals surface area (Å²) >= 11 is 4.78. The number of nitrogens with zero attached hydrogens (tertiary/aromatic N) is 1. The Morgan fingerprint density at radius 1 is 1.45 bits per heavy atom. The van der Waals surface area contributed by atoms with Gasteiger partial charge in [-0.3, -0.25) is 0 Å². The highest BCUT2D eigenvalue weighted by Crippen LogP contribution is 1.92. The van der Waals surface area contributed by atoms with Gasteiger partial charge in [-0.15, -0.1) is 0 Å². The Balaban J connectivity index is 3.22. The maximum Gasteiger partial charge on any atom is 0.0740 e. The maximum absolute atomic E-state index is 5.37. The van der Waals surface area contributed by atoms with Crippen LogP contribution in [0.25, 0.3) is 0 Å². The quantitative estimate of drug-likeness (QED) is 0.617. The average molecular weight is 174 g/mol. The van der Waals surface area contributed by atoms with Crippen LogP contribution in [0, 0.1) is 0 Å². The van der Waals surface area contributed by atoms with Gasteiger partial charge in [0.15, 0.2) is 0 Å². The molecular weight excluding hydrogens is 156 g/mol. The molecule has 0 atom stereocenters. The van der Waals surface area contributed by atoms with E-state index in [0.29, 0.717) is 4.99 Å². The summed E-state index contributed by atoms with van der Waals surface area (Å²) in [6, 6.07) is 0. The number of unbranched alkanes of at least 4 members (excludes halogenated alkanes) is 1. The van der Waals surface area contributed by atoms with Gasteiger partial charge >= 0.3 is 0 Å². The van der Waals surface area contributed by atoms with Crippen molar-refractivity contribution in [2.75, 3.05) is 20.1 Å². The fourth-order valence-corrected chi connectivity index (χ4v) is 0.932. The molecule has 0 aromatic rings. The largest absolute Gasteiger partial charge is 0.393 e. The first kappa shape index (κ1) is 10.8. The fraction of sp³-hybridized carbons (Fsp3) is 0.875. The average Bonchev–Trinajstić information content (AvgIpc) is 1.97. The summed E-state index contributed by atoms with van der Waals surface area (Å²) in [7, 11) is 2.11. The van der Waals surface area contributed by atoms with Crippen LogP contribution in [-0.2, 0) is 0 Å². The SMILES string of the molecule is CCCCN(C)CCC(N)=S. The van der Waals surface area contributed by atoms with Crippen LogP contribution in [0.3, 0.4) is 0 Å². The molecule has 0 bridgehead atoms. The third-order valence-corrected chi connectivity index (χ3v) is 1.84. The van der Waals surface area contributed by atoms with Crippen molar-refractivity contribution in [1.29, 1.82) is 0 Å². The molecule has 0 saturated carbocycles. The zero-order chi connectivity index (χ0) is 8.69. The minimum Gasteiger partial charge on any atom is -0.393 e. The van der Waals surface area contributed by atoms with Crippen LogP contribution >= 0.6 is 12.2 Å². The summed E-state index contributed by atoms with van der Waals surface area (Å²) < 4.78 is 0. The number of nitrogens with two attached hydrogens (primary N) is 1. The summed E-state index contributed by atoms with van der Waals surface area (Å²) in [4.78, 5) is 2.89. The van der Waals surface area contributed by atoms with Crippen molar-refractivity contribution < 1.29 is 0 Å². The standard InChI is InChI=1S/C8H18N2S/c1-3-4-6-10(2)7-5-8(9)11/h3-7H2,1-2H3,(H2,9,11). The van der Waals surface area contributed by atoms with Crippen molar-refractivity contribution in [3.8, 4) is 0 Å². The molecule has 0 amide bonds. The van der Waals surface area contributed by atoms with Gasteiger partial charge in [-0.05, 0) is 20.0 Å². The monoisotopic (exact) mass is 174 g/mol. The molecule has 0 heterocycles. The van der Waals surface area contributed by atoms with Gasteiger partial charge in [-0.25, -0.2) is 0 Å². The number of rotatable bonds is 6. The van der Waals surface area contributed by atoms with Gasteiger partial charge in [0.1, 0.15) is 0 Å². The molecule has 0 rings (SSSR count). The molecule has 0 unspecified atom stereocenters. The molecule has 66 valence electrons. The Morgan fingerprint density at radius 2 is 2.09 bits per heavy atom. The van der Waals surface area contributed by atoms with Crippen molar-refractivity contribution in [2.24, 2.45) is 5.73 Å². The Bertz CT molecular complexity index is 115. The second-order valence-corrected chi connectivity index (χ2v) is 3.40. The summed E-state index contributed by atoms with van der Waals surface area (Å²) in [5, 5.41) is 0. The molecule has 0 aliphatic carbocycles. The first-order valence-electron chi connectivity index (χ1n) is 4.13. The van der Waals surface area contributed by atoms with Crippen LogP contribution in [-0.4, -0.2) is 30.0 Å². The van der Waals surface area contributed by atoms with Gasteiger partial charge in [0.05, 0.1) is 4.99 Å². The Hall–Kier alpha value is -0.150. The Kier molecular flexibility index (Phi) is 6.46. The lowest BCUT2D eigenvalue weighted by Crippen LogP contribution is -2.24. The highest BCUT2D eigenvalue weighted by Gasteiger charge is 1.97. The van der Waals surface area contributed by atoms with E-state index in [0.717, 1.165) is 19.5 Å². The van der Waals surface area contributed by atoms with Crippen molar-refractivity contribution in [3.63, 3.8) is 0 Å². The van der Waals surface area contributed by atoms with Crippen LogP contribution in [0.15, 0.2) is 0 Å². The van der Waals surface area contributed by atoms with E-state index in [-0.39, 0.29) is 0 Å². The molecule has 0 aliphatic heterocycles. The van der Waals surface area contributed by atoms with Crippen molar-refractivity contribution in [3.05, 3.63) is 0 Å². The van der Waals surface area contributed by atoms with Gasteiger partial charge in [0, 0.05) is 13.0 Å². The van der Waals surface area contributed by atoms with Crippen LogP contribution in [0.1, 0.15) is 26.2 Å². The van der Waals surface area contributed by atoms with Gasteiger partial charge in [0.25, 0.3) is 0 Å². The van der Waals surface area contributed by atoms with Crippen LogP contribution in [0.5, 0.6) is 0 Å². The Labute approximate surface area is 74.8 Å². The van der Waals surface area contributed by atoms with Crippen LogP contribution in [0.4, 0.5) is 0 Å². The molecule has 0 fully saturated rings. The van der Waals surface area contributed by atoms with Gasteiger partial charge in [0.2, 0.25) is 0 Å². The van der Waals surface area contributed by atoms with Crippen LogP contribution < -0.4 is 5.73 Å². The molecule has 0 aliphatic rings. The van der Waals surface area contributed by atoms with Crippen molar-refractivity contribution in [1.82, 2.24) is 4.90 Å². The highest BCUT2D eigenvalue weighted by molar-refractivity contribution is 7.80. The topological polar surface area (TPSA) is 29.3 Å².